The molecule has 0 atom stereocenters. The van der Waals surface area contributed by atoms with Gasteiger partial charge in [0.15, 0.2) is 0 Å². The number of fused-ring (bicyclic) bond motifs is 1. The van der Waals surface area contributed by atoms with Crippen LogP contribution in [0, 0.1) is 0 Å². The molecule has 0 aliphatic rings. The van der Waals surface area contributed by atoms with E-state index < -0.39 is 22.9 Å². The van der Waals surface area contributed by atoms with Crippen molar-refractivity contribution in [2.24, 2.45) is 0 Å². The SMILES string of the molecule is COc1cc(C(F)(F)F)cc2[nH]c(=O)c(=O)[nH]c12. The first-order valence-electron chi connectivity index (χ1n) is 4.74. The number of alkyl halides is 3. The van der Waals surface area contributed by atoms with Gasteiger partial charge in [0.05, 0.1) is 18.2 Å². The summed E-state index contributed by atoms with van der Waals surface area (Å²) >= 11 is 0. The van der Waals surface area contributed by atoms with E-state index in [0.29, 0.717) is 0 Å². The zero-order valence-corrected chi connectivity index (χ0v) is 9.01. The number of hydrogen-bond acceptors (Lipinski definition) is 3. The number of methoxy groups -OCH3 is 1. The third-order valence-corrected chi connectivity index (χ3v) is 2.34. The average Bonchev–Trinajstić information content (AvgIpc) is 2.28. The first-order chi connectivity index (χ1) is 8.32. The van der Waals surface area contributed by atoms with Gasteiger partial charge in [0.1, 0.15) is 11.3 Å². The molecular weight excluding hydrogens is 253 g/mol. The molecule has 0 fully saturated rings. The molecule has 5 nitrogen and oxygen atoms in total. The lowest BCUT2D eigenvalue weighted by Gasteiger charge is -2.10. The Hall–Kier alpha value is -2.25. The third kappa shape index (κ3) is 1.96. The summed E-state index contributed by atoms with van der Waals surface area (Å²) in [5, 5.41) is 0. The highest BCUT2D eigenvalue weighted by molar-refractivity contribution is 5.81. The Balaban J connectivity index is 2.88. The largest absolute Gasteiger partial charge is 0.494 e. The molecule has 1 aromatic heterocycles. The predicted molar refractivity (Wildman–Crippen MR) is 56.7 cm³/mol. The van der Waals surface area contributed by atoms with E-state index in [-0.39, 0.29) is 16.8 Å². The number of aromatic amines is 2. The molecular formula is C10H7F3N2O3. The van der Waals surface area contributed by atoms with Crippen LogP contribution in [0.3, 0.4) is 0 Å². The van der Waals surface area contributed by atoms with Crippen LogP contribution in [-0.2, 0) is 6.18 Å². The molecule has 0 radical (unpaired) electrons. The van der Waals surface area contributed by atoms with Gasteiger partial charge in [-0.05, 0) is 12.1 Å². The van der Waals surface area contributed by atoms with Crippen LogP contribution in [0.15, 0.2) is 21.7 Å². The van der Waals surface area contributed by atoms with Gasteiger partial charge in [0, 0.05) is 0 Å². The Morgan fingerprint density at radius 2 is 1.72 bits per heavy atom. The number of H-pyrrole nitrogens is 2. The second kappa shape index (κ2) is 3.90. The number of halogens is 3. The second-order valence-corrected chi connectivity index (χ2v) is 3.51. The van der Waals surface area contributed by atoms with Crippen molar-refractivity contribution in [2.75, 3.05) is 7.11 Å². The van der Waals surface area contributed by atoms with Crippen molar-refractivity contribution in [3.05, 3.63) is 38.4 Å². The smallest absolute Gasteiger partial charge is 0.416 e. The van der Waals surface area contributed by atoms with Gasteiger partial charge in [-0.2, -0.15) is 13.2 Å². The standard InChI is InChI=1S/C10H7F3N2O3/c1-18-6-3-4(10(11,12)13)2-5-7(6)15-9(17)8(16)14-5/h2-3H,1H3,(H,14,16)(H,15,17). The van der Waals surface area contributed by atoms with Gasteiger partial charge < -0.3 is 14.7 Å². The molecule has 2 aromatic rings. The quantitative estimate of drug-likeness (QED) is 0.757. The lowest BCUT2D eigenvalue weighted by atomic mass is 10.1. The van der Waals surface area contributed by atoms with Gasteiger partial charge >= 0.3 is 17.3 Å². The molecule has 1 heterocycles. The highest BCUT2D eigenvalue weighted by atomic mass is 19.4. The fraction of sp³-hybridized carbons (Fsp3) is 0.200. The van der Waals surface area contributed by atoms with Crippen LogP contribution in [0.5, 0.6) is 5.75 Å². The lowest BCUT2D eigenvalue weighted by Crippen LogP contribution is -2.29. The van der Waals surface area contributed by atoms with Crippen LogP contribution in [0.1, 0.15) is 5.56 Å². The fourth-order valence-corrected chi connectivity index (χ4v) is 1.52. The predicted octanol–water partition coefficient (Wildman–Crippen LogP) is 1.24. The molecule has 96 valence electrons. The molecule has 2 rings (SSSR count). The van der Waals surface area contributed by atoms with Gasteiger partial charge in [0.2, 0.25) is 0 Å². The van der Waals surface area contributed by atoms with Crippen LogP contribution < -0.4 is 15.9 Å². The van der Waals surface area contributed by atoms with Crippen molar-refractivity contribution in [3.8, 4) is 5.75 Å². The van der Waals surface area contributed by atoms with Crippen LogP contribution in [0.25, 0.3) is 11.0 Å². The maximum atomic E-state index is 12.6. The van der Waals surface area contributed by atoms with E-state index >= 15 is 0 Å². The van der Waals surface area contributed by atoms with Crippen LogP contribution in [0.2, 0.25) is 0 Å². The third-order valence-electron chi connectivity index (χ3n) is 2.34. The van der Waals surface area contributed by atoms with Crippen molar-refractivity contribution in [2.45, 2.75) is 6.18 Å². The molecule has 18 heavy (non-hydrogen) atoms. The van der Waals surface area contributed by atoms with Crippen molar-refractivity contribution >= 4 is 11.0 Å². The number of benzene rings is 1. The molecule has 2 N–H and O–H groups in total. The van der Waals surface area contributed by atoms with Crippen molar-refractivity contribution in [1.29, 1.82) is 0 Å². The molecule has 0 aliphatic carbocycles. The molecule has 0 aliphatic heterocycles. The summed E-state index contributed by atoms with van der Waals surface area (Å²) in [6.45, 7) is 0. The second-order valence-electron chi connectivity index (χ2n) is 3.51. The van der Waals surface area contributed by atoms with E-state index in [1.807, 2.05) is 0 Å². The molecule has 0 saturated heterocycles. The minimum atomic E-state index is -4.57. The summed E-state index contributed by atoms with van der Waals surface area (Å²) in [5.74, 6) is -0.173. The van der Waals surface area contributed by atoms with Gasteiger partial charge in [0.25, 0.3) is 0 Å². The maximum Gasteiger partial charge on any atom is 0.416 e. The van der Waals surface area contributed by atoms with Crippen molar-refractivity contribution in [1.82, 2.24) is 9.97 Å². The van der Waals surface area contributed by atoms with Gasteiger partial charge in [-0.25, -0.2) is 0 Å². The summed E-state index contributed by atoms with van der Waals surface area (Å²) in [5.41, 5.74) is -3.10. The Morgan fingerprint density at radius 3 is 2.28 bits per heavy atom. The number of hydrogen-bond donors (Lipinski definition) is 2. The van der Waals surface area contributed by atoms with Crippen molar-refractivity contribution in [3.63, 3.8) is 0 Å². The van der Waals surface area contributed by atoms with Gasteiger partial charge in [-0.1, -0.05) is 0 Å². The number of nitrogens with one attached hydrogen (secondary N) is 2. The number of ether oxygens (including phenoxy) is 1. The summed E-state index contributed by atoms with van der Waals surface area (Å²) < 4.78 is 42.5. The summed E-state index contributed by atoms with van der Waals surface area (Å²) in [7, 11) is 1.17. The normalized spacial score (nSPS) is 11.8. The Kier molecular flexibility index (Phi) is 2.64. The van der Waals surface area contributed by atoms with E-state index in [1.165, 1.54) is 7.11 Å². The topological polar surface area (TPSA) is 75.0 Å². The maximum absolute atomic E-state index is 12.6. The van der Waals surface area contributed by atoms with E-state index in [4.69, 9.17) is 4.74 Å². The molecule has 0 bridgehead atoms. The minimum absolute atomic E-state index is 0.00935. The summed E-state index contributed by atoms with van der Waals surface area (Å²) in [6.07, 6.45) is -4.57. The highest BCUT2D eigenvalue weighted by Gasteiger charge is 2.32. The van der Waals surface area contributed by atoms with Crippen LogP contribution in [-0.4, -0.2) is 17.1 Å². The van der Waals surface area contributed by atoms with E-state index in [0.717, 1.165) is 12.1 Å². The molecule has 1 aromatic carbocycles. The zero-order valence-electron chi connectivity index (χ0n) is 9.01. The highest BCUT2D eigenvalue weighted by Crippen LogP contribution is 2.34. The first-order valence-corrected chi connectivity index (χ1v) is 4.74. The summed E-state index contributed by atoms with van der Waals surface area (Å²) in [4.78, 5) is 26.4. The molecule has 0 amide bonds. The average molecular weight is 260 g/mol. The molecule has 8 heteroatoms. The Morgan fingerprint density at radius 1 is 1.11 bits per heavy atom. The van der Waals surface area contributed by atoms with Crippen LogP contribution >= 0.6 is 0 Å². The first kappa shape index (κ1) is 12.2. The lowest BCUT2D eigenvalue weighted by molar-refractivity contribution is -0.137. The zero-order chi connectivity index (χ0) is 13.5. The minimum Gasteiger partial charge on any atom is -0.494 e. The fourth-order valence-electron chi connectivity index (χ4n) is 1.52. The summed E-state index contributed by atoms with van der Waals surface area (Å²) in [6, 6.07) is 1.48. The molecule has 0 saturated carbocycles. The number of aromatic nitrogens is 2. The van der Waals surface area contributed by atoms with Gasteiger partial charge in [-0.3, -0.25) is 9.59 Å². The molecule has 0 unspecified atom stereocenters. The Labute approximate surface area is 97.2 Å². The van der Waals surface area contributed by atoms with E-state index in [1.54, 1.807) is 0 Å². The van der Waals surface area contributed by atoms with E-state index in [2.05, 4.69) is 9.97 Å². The van der Waals surface area contributed by atoms with Gasteiger partial charge in [-0.15, -0.1) is 0 Å². The van der Waals surface area contributed by atoms with Crippen LogP contribution in [0.4, 0.5) is 13.2 Å². The molecule has 0 spiro atoms. The van der Waals surface area contributed by atoms with E-state index in [9.17, 15) is 22.8 Å². The van der Waals surface area contributed by atoms with Crippen molar-refractivity contribution < 1.29 is 17.9 Å². The number of rotatable bonds is 1. The monoisotopic (exact) mass is 260 g/mol. The Bertz CT molecular complexity index is 715.